The Morgan fingerprint density at radius 3 is 1.79 bits per heavy atom. The quantitative estimate of drug-likeness (QED) is 0.155. The van der Waals surface area contributed by atoms with Crippen LogP contribution >= 0.6 is 0 Å². The molecule has 15 rings (SSSR count). The average Bonchev–Trinajstić information content (AvgIpc) is 3.92. The lowest BCUT2D eigenvalue weighted by Gasteiger charge is -2.44. The number of hydrogen-bond donors (Lipinski definition) is 0. The zero-order valence-corrected chi connectivity index (χ0v) is 35.1. The number of nitrogens with zero attached hydrogens (tertiary/aromatic N) is 2. The van der Waals surface area contributed by atoms with Gasteiger partial charge in [0.1, 0.15) is 0 Å². The summed E-state index contributed by atoms with van der Waals surface area (Å²) in [6, 6.07) is 63.9. The van der Waals surface area contributed by atoms with Gasteiger partial charge in [-0.2, -0.15) is 0 Å². The Morgan fingerprint density at radius 1 is 0.435 bits per heavy atom. The fourth-order valence-electron chi connectivity index (χ4n) is 12.9. The van der Waals surface area contributed by atoms with Gasteiger partial charge in [-0.25, -0.2) is 0 Å². The summed E-state index contributed by atoms with van der Waals surface area (Å²) >= 11 is 0. The second-order valence-corrected chi connectivity index (χ2v) is 18.7. The molecule has 3 aliphatic heterocycles. The highest BCUT2D eigenvalue weighted by Gasteiger charge is 2.54. The number of aromatic nitrogens is 2. The van der Waals surface area contributed by atoms with Crippen LogP contribution in [0.15, 0.2) is 164 Å². The van der Waals surface area contributed by atoms with E-state index in [0.29, 0.717) is 0 Å². The second kappa shape index (κ2) is 11.1. The fourth-order valence-corrected chi connectivity index (χ4v) is 12.9. The number of para-hydroxylation sites is 2. The summed E-state index contributed by atoms with van der Waals surface area (Å²) in [6.45, 7) is 8.94. The van der Waals surface area contributed by atoms with Crippen LogP contribution in [-0.2, 0) is 5.41 Å². The summed E-state index contributed by atoms with van der Waals surface area (Å²) in [7, 11) is 0. The lowest BCUT2D eigenvalue weighted by Crippen LogP contribution is -2.60. The number of hydrogen-bond acceptors (Lipinski definition) is 0. The predicted molar refractivity (Wildman–Crippen MR) is 260 cm³/mol. The summed E-state index contributed by atoms with van der Waals surface area (Å²) in [5.74, 6) is 0. The van der Waals surface area contributed by atoms with Gasteiger partial charge in [0.2, 0.25) is 0 Å². The van der Waals surface area contributed by atoms with E-state index in [1.165, 1.54) is 149 Å². The van der Waals surface area contributed by atoms with Gasteiger partial charge in [-0.1, -0.05) is 180 Å². The van der Waals surface area contributed by atoms with Crippen molar-refractivity contribution < 1.29 is 0 Å². The number of aryl methyl sites for hydroxylation is 4. The van der Waals surface area contributed by atoms with E-state index in [9.17, 15) is 0 Å². The molecule has 1 spiro atoms. The molecule has 0 atom stereocenters. The zero-order chi connectivity index (χ0) is 40.9. The molecule has 62 heavy (non-hydrogen) atoms. The van der Waals surface area contributed by atoms with Crippen LogP contribution in [0, 0.1) is 27.7 Å². The van der Waals surface area contributed by atoms with Crippen molar-refractivity contribution >= 4 is 66.6 Å². The lowest BCUT2D eigenvalue weighted by atomic mass is 9.33. The summed E-state index contributed by atoms with van der Waals surface area (Å²) < 4.78 is 5.40. The molecule has 0 radical (unpaired) electrons. The van der Waals surface area contributed by atoms with Crippen LogP contribution in [0.1, 0.15) is 44.5 Å². The number of benzene rings is 9. The first kappa shape index (κ1) is 33.4. The van der Waals surface area contributed by atoms with Crippen LogP contribution in [0.4, 0.5) is 0 Å². The summed E-state index contributed by atoms with van der Waals surface area (Å²) in [4.78, 5) is 0. The number of fused-ring (bicyclic) bond motifs is 13. The minimum atomic E-state index is -0.498. The molecular formula is C59H39BN2. The maximum Gasteiger partial charge on any atom is 0.252 e. The first-order valence-corrected chi connectivity index (χ1v) is 22.1. The van der Waals surface area contributed by atoms with Gasteiger partial charge in [0.15, 0.2) is 0 Å². The van der Waals surface area contributed by atoms with E-state index in [1.807, 2.05) is 0 Å². The largest absolute Gasteiger partial charge is 0.310 e. The van der Waals surface area contributed by atoms with Crippen molar-refractivity contribution in [1.29, 1.82) is 0 Å². The molecule has 5 heterocycles. The van der Waals surface area contributed by atoms with E-state index in [-0.39, 0.29) is 6.71 Å². The monoisotopic (exact) mass is 786 g/mol. The van der Waals surface area contributed by atoms with Crippen LogP contribution in [-0.4, -0.2) is 15.8 Å². The van der Waals surface area contributed by atoms with Crippen molar-refractivity contribution in [1.82, 2.24) is 9.13 Å². The Bertz CT molecular complexity index is 3840. The molecule has 11 aromatic rings. The molecular weight excluding hydrogens is 747 g/mol. The highest BCUT2D eigenvalue weighted by molar-refractivity contribution is 7.00. The van der Waals surface area contributed by atoms with Crippen molar-refractivity contribution in [2.45, 2.75) is 33.1 Å². The molecule has 0 N–H and O–H groups in total. The zero-order valence-electron chi connectivity index (χ0n) is 35.1. The van der Waals surface area contributed by atoms with Gasteiger partial charge in [0, 0.05) is 38.6 Å². The van der Waals surface area contributed by atoms with Crippen molar-refractivity contribution in [2.75, 3.05) is 0 Å². The predicted octanol–water partition coefficient (Wildman–Crippen LogP) is 12.3. The first-order chi connectivity index (χ1) is 30.4. The first-order valence-electron chi connectivity index (χ1n) is 22.1. The molecule has 0 unspecified atom stereocenters. The molecule has 0 fully saturated rings. The highest BCUT2D eigenvalue weighted by atomic mass is 15.1. The Balaban J connectivity index is 1.21. The third-order valence-corrected chi connectivity index (χ3v) is 15.3. The van der Waals surface area contributed by atoms with Gasteiger partial charge >= 0.3 is 0 Å². The Hall–Kier alpha value is -7.36. The van der Waals surface area contributed by atoms with Crippen LogP contribution in [0.25, 0.3) is 88.4 Å². The molecule has 2 nitrogen and oxygen atoms in total. The van der Waals surface area contributed by atoms with Gasteiger partial charge < -0.3 is 9.13 Å². The van der Waals surface area contributed by atoms with Crippen LogP contribution < -0.4 is 16.4 Å². The van der Waals surface area contributed by atoms with Gasteiger partial charge in [-0.15, -0.1) is 0 Å². The van der Waals surface area contributed by atoms with Crippen LogP contribution in [0.3, 0.4) is 0 Å². The molecule has 3 heteroatoms. The Kier molecular flexibility index (Phi) is 5.98. The highest BCUT2D eigenvalue weighted by Crippen LogP contribution is 2.62. The standard InChI is InChI=1S/C59H39BN2/c1-32-15-21-36(22-16-32)51-52-39-10-6-5-9-38(39)31-49-58(52)61(54(51)37-23-17-33(2)18-24-37)50-28-27-45-57-53(50)60(49)48-14-8-12-43-42-11-7-13-44(55(42)62(57)56(43)48)59(45)46-29-34(3)19-25-40(46)41-26-20-35(4)30-47(41)59/h5-31H,1-4H3. The van der Waals surface area contributed by atoms with Crippen LogP contribution in [0.2, 0.25) is 0 Å². The van der Waals surface area contributed by atoms with E-state index in [0.717, 1.165) is 0 Å². The fraction of sp³-hybridized carbons (Fsp3) is 0.0847. The topological polar surface area (TPSA) is 9.86 Å². The Morgan fingerprint density at radius 2 is 1.06 bits per heavy atom. The summed E-state index contributed by atoms with van der Waals surface area (Å²) in [6.07, 6.45) is 0. The molecule has 1 aliphatic carbocycles. The molecule has 0 saturated carbocycles. The number of rotatable bonds is 2. The third-order valence-electron chi connectivity index (χ3n) is 15.3. The minimum absolute atomic E-state index is 0.0284. The summed E-state index contributed by atoms with van der Waals surface area (Å²) in [5, 5.41) is 6.59. The van der Waals surface area contributed by atoms with E-state index < -0.39 is 5.41 Å². The van der Waals surface area contributed by atoms with Crippen molar-refractivity contribution in [2.24, 2.45) is 0 Å². The second-order valence-electron chi connectivity index (χ2n) is 18.7. The molecule has 4 aliphatic rings. The van der Waals surface area contributed by atoms with Gasteiger partial charge in [-0.05, 0) is 105 Å². The molecule has 0 amide bonds. The van der Waals surface area contributed by atoms with Crippen molar-refractivity contribution in [3.8, 4) is 44.9 Å². The molecule has 0 bridgehead atoms. The molecule has 2 aromatic heterocycles. The third kappa shape index (κ3) is 3.71. The maximum atomic E-state index is 2.72. The van der Waals surface area contributed by atoms with Gasteiger partial charge in [0.05, 0.1) is 22.1 Å². The van der Waals surface area contributed by atoms with E-state index in [4.69, 9.17) is 0 Å². The SMILES string of the molecule is Cc1ccc(-c2c(-c3ccc(C)cc3)n3c4c(cc5ccccc5c24)B2c4c-3ccc3c4-n4c5c2cccc5c2cccc(c24)C32c3cc(C)ccc3-c3ccc(C)cc32)cc1. The lowest BCUT2D eigenvalue weighted by molar-refractivity contribution is 0.747. The Labute approximate surface area is 360 Å². The van der Waals surface area contributed by atoms with Crippen molar-refractivity contribution in [3.63, 3.8) is 0 Å². The van der Waals surface area contributed by atoms with E-state index in [2.05, 4.69) is 201 Å². The van der Waals surface area contributed by atoms with Gasteiger partial charge in [0.25, 0.3) is 6.71 Å². The van der Waals surface area contributed by atoms with Crippen LogP contribution in [0.5, 0.6) is 0 Å². The average molecular weight is 787 g/mol. The van der Waals surface area contributed by atoms with Gasteiger partial charge in [-0.3, -0.25) is 0 Å². The molecule has 9 aromatic carbocycles. The van der Waals surface area contributed by atoms with E-state index in [1.54, 1.807) is 0 Å². The van der Waals surface area contributed by atoms with Crippen molar-refractivity contribution in [3.05, 3.63) is 208 Å². The summed E-state index contributed by atoms with van der Waals surface area (Å²) in [5.41, 5.74) is 28.7. The minimum Gasteiger partial charge on any atom is -0.310 e. The molecule has 0 saturated heterocycles. The molecule has 288 valence electrons. The normalized spacial score (nSPS) is 14.2. The maximum absolute atomic E-state index is 2.72. The smallest absolute Gasteiger partial charge is 0.252 e. The van der Waals surface area contributed by atoms with E-state index >= 15 is 0 Å².